The van der Waals surface area contributed by atoms with E-state index in [-0.39, 0.29) is 11.8 Å². The highest BCUT2D eigenvalue weighted by atomic mass is 32.1. The van der Waals surface area contributed by atoms with Crippen LogP contribution in [0.4, 0.5) is 0 Å². The maximum Gasteiger partial charge on any atom is 0.254 e. The number of carbonyl (C=O) groups excluding carboxylic acids is 2. The van der Waals surface area contributed by atoms with Crippen LogP contribution in [0.3, 0.4) is 0 Å². The zero-order valence-corrected chi connectivity index (χ0v) is 14.2. The molecule has 3 heterocycles. The first kappa shape index (κ1) is 16.4. The predicted octanol–water partition coefficient (Wildman–Crippen LogP) is 0.328. The van der Waals surface area contributed by atoms with Crippen LogP contribution < -0.4 is 5.32 Å². The average molecular weight is 336 g/mol. The molecule has 126 valence electrons. The minimum atomic E-state index is 0.128. The molecular weight excluding hydrogens is 312 g/mol. The van der Waals surface area contributed by atoms with E-state index in [9.17, 15) is 9.59 Å². The Morgan fingerprint density at radius 1 is 1.04 bits per heavy atom. The molecule has 1 N–H and O–H groups in total. The van der Waals surface area contributed by atoms with Gasteiger partial charge in [0.15, 0.2) is 0 Å². The molecule has 0 saturated carbocycles. The third kappa shape index (κ3) is 4.31. The summed E-state index contributed by atoms with van der Waals surface area (Å²) in [7, 11) is 0. The summed E-state index contributed by atoms with van der Waals surface area (Å²) in [6, 6.07) is 1.88. The van der Waals surface area contributed by atoms with Crippen molar-refractivity contribution in [3.63, 3.8) is 0 Å². The van der Waals surface area contributed by atoms with Gasteiger partial charge in [0, 0.05) is 70.7 Å². The summed E-state index contributed by atoms with van der Waals surface area (Å²) in [6.07, 6.45) is 0.582. The van der Waals surface area contributed by atoms with Crippen molar-refractivity contribution in [1.82, 2.24) is 20.0 Å². The molecule has 0 aromatic carbocycles. The quantitative estimate of drug-likeness (QED) is 0.861. The highest BCUT2D eigenvalue weighted by Gasteiger charge is 2.23. The van der Waals surface area contributed by atoms with Gasteiger partial charge in [0.05, 0.1) is 5.56 Å². The highest BCUT2D eigenvalue weighted by Crippen LogP contribution is 2.12. The van der Waals surface area contributed by atoms with Gasteiger partial charge in [-0.05, 0) is 11.4 Å². The number of nitrogens with zero attached hydrogens (tertiary/aromatic N) is 3. The zero-order chi connectivity index (χ0) is 16.1. The van der Waals surface area contributed by atoms with Crippen molar-refractivity contribution >= 4 is 23.2 Å². The molecule has 6 nitrogen and oxygen atoms in total. The van der Waals surface area contributed by atoms with Crippen LogP contribution in [0.5, 0.6) is 0 Å². The Morgan fingerprint density at radius 3 is 2.43 bits per heavy atom. The van der Waals surface area contributed by atoms with Crippen molar-refractivity contribution in [3.05, 3.63) is 22.4 Å². The first-order chi connectivity index (χ1) is 11.2. The fourth-order valence-corrected chi connectivity index (χ4v) is 3.70. The molecule has 2 saturated heterocycles. The number of hydrogen-bond acceptors (Lipinski definition) is 5. The molecular formula is C16H24N4O2S. The van der Waals surface area contributed by atoms with Gasteiger partial charge in [-0.2, -0.15) is 11.3 Å². The summed E-state index contributed by atoms with van der Waals surface area (Å²) < 4.78 is 0. The van der Waals surface area contributed by atoms with Crippen molar-refractivity contribution in [1.29, 1.82) is 0 Å². The summed E-state index contributed by atoms with van der Waals surface area (Å²) in [6.45, 7) is 7.43. The average Bonchev–Trinajstić information content (AvgIpc) is 3.15. The minimum Gasteiger partial charge on any atom is -0.340 e. The van der Waals surface area contributed by atoms with Gasteiger partial charge in [0.25, 0.3) is 5.91 Å². The summed E-state index contributed by atoms with van der Waals surface area (Å²) in [5.74, 6) is 0.381. The van der Waals surface area contributed by atoms with E-state index < -0.39 is 0 Å². The monoisotopic (exact) mass is 336 g/mol. The fourth-order valence-electron chi connectivity index (χ4n) is 3.07. The largest absolute Gasteiger partial charge is 0.340 e. The molecule has 0 radical (unpaired) electrons. The van der Waals surface area contributed by atoms with E-state index in [0.29, 0.717) is 6.42 Å². The van der Waals surface area contributed by atoms with Crippen LogP contribution in [0.15, 0.2) is 16.8 Å². The first-order valence-corrected chi connectivity index (χ1v) is 9.20. The van der Waals surface area contributed by atoms with Crippen LogP contribution >= 0.6 is 11.3 Å². The number of amides is 2. The topological polar surface area (TPSA) is 55.9 Å². The number of thiophene rings is 1. The third-order valence-electron chi connectivity index (χ3n) is 4.54. The maximum atomic E-state index is 12.3. The van der Waals surface area contributed by atoms with E-state index in [1.807, 2.05) is 26.6 Å². The normalized spacial score (nSPS) is 19.8. The van der Waals surface area contributed by atoms with Crippen molar-refractivity contribution < 1.29 is 9.59 Å². The molecule has 3 rings (SSSR count). The standard InChI is InChI=1S/C16H24N4O2S/c21-15(19-6-3-17-4-7-19)1-5-18-8-10-20(11-9-18)16(22)14-2-12-23-13-14/h2,12-13,17H,1,3-11H2. The van der Waals surface area contributed by atoms with Gasteiger partial charge < -0.3 is 15.1 Å². The van der Waals surface area contributed by atoms with Gasteiger partial charge in [-0.15, -0.1) is 0 Å². The van der Waals surface area contributed by atoms with Crippen LogP contribution in [-0.2, 0) is 4.79 Å². The zero-order valence-electron chi connectivity index (χ0n) is 13.4. The summed E-state index contributed by atoms with van der Waals surface area (Å²) in [4.78, 5) is 30.6. The number of hydrogen-bond donors (Lipinski definition) is 1. The Labute approximate surface area is 141 Å². The highest BCUT2D eigenvalue weighted by molar-refractivity contribution is 7.08. The summed E-state index contributed by atoms with van der Waals surface area (Å²) >= 11 is 1.55. The van der Waals surface area contributed by atoms with E-state index >= 15 is 0 Å². The molecule has 2 aliphatic heterocycles. The molecule has 2 amide bonds. The van der Waals surface area contributed by atoms with Crippen molar-refractivity contribution in [3.8, 4) is 0 Å². The third-order valence-corrected chi connectivity index (χ3v) is 5.22. The van der Waals surface area contributed by atoms with Gasteiger partial charge in [-0.25, -0.2) is 0 Å². The molecule has 0 bridgehead atoms. The molecule has 2 aliphatic rings. The van der Waals surface area contributed by atoms with E-state index in [2.05, 4.69) is 10.2 Å². The first-order valence-electron chi connectivity index (χ1n) is 8.26. The lowest BCUT2D eigenvalue weighted by Gasteiger charge is -2.35. The molecule has 0 aliphatic carbocycles. The molecule has 0 unspecified atom stereocenters. The SMILES string of the molecule is O=C(CCN1CCN(C(=O)c2ccsc2)CC1)N1CCNCC1. The van der Waals surface area contributed by atoms with Gasteiger partial charge in [0.2, 0.25) is 5.91 Å². The molecule has 1 aromatic heterocycles. The minimum absolute atomic E-state index is 0.128. The lowest BCUT2D eigenvalue weighted by atomic mass is 10.2. The van der Waals surface area contributed by atoms with E-state index in [0.717, 1.165) is 64.5 Å². The second-order valence-electron chi connectivity index (χ2n) is 6.03. The Balaban J connectivity index is 1.39. The fraction of sp³-hybridized carbons (Fsp3) is 0.625. The maximum absolute atomic E-state index is 12.3. The molecule has 1 aromatic rings. The van der Waals surface area contributed by atoms with E-state index in [4.69, 9.17) is 0 Å². The van der Waals surface area contributed by atoms with Crippen molar-refractivity contribution in [2.75, 3.05) is 58.9 Å². The Bertz CT molecular complexity index is 520. The Kier molecular flexibility index (Phi) is 5.64. The van der Waals surface area contributed by atoms with E-state index in [1.165, 1.54) is 0 Å². The predicted molar refractivity (Wildman–Crippen MR) is 90.7 cm³/mol. The number of carbonyl (C=O) groups is 2. The van der Waals surface area contributed by atoms with Crippen LogP contribution in [0.25, 0.3) is 0 Å². The Morgan fingerprint density at radius 2 is 1.78 bits per heavy atom. The van der Waals surface area contributed by atoms with Gasteiger partial charge in [-0.1, -0.05) is 0 Å². The van der Waals surface area contributed by atoms with Crippen LogP contribution in [0.2, 0.25) is 0 Å². The summed E-state index contributed by atoms with van der Waals surface area (Å²) in [5.41, 5.74) is 0.789. The molecule has 0 spiro atoms. The van der Waals surface area contributed by atoms with Crippen molar-refractivity contribution in [2.24, 2.45) is 0 Å². The molecule has 2 fully saturated rings. The summed E-state index contributed by atoms with van der Waals surface area (Å²) in [5, 5.41) is 7.10. The van der Waals surface area contributed by atoms with E-state index in [1.54, 1.807) is 11.3 Å². The van der Waals surface area contributed by atoms with Gasteiger partial charge in [0.1, 0.15) is 0 Å². The van der Waals surface area contributed by atoms with Gasteiger partial charge >= 0.3 is 0 Å². The molecule has 7 heteroatoms. The number of nitrogens with one attached hydrogen (secondary N) is 1. The van der Waals surface area contributed by atoms with Crippen LogP contribution in [0.1, 0.15) is 16.8 Å². The number of piperazine rings is 2. The Hall–Kier alpha value is -1.44. The lowest BCUT2D eigenvalue weighted by Crippen LogP contribution is -2.50. The smallest absolute Gasteiger partial charge is 0.254 e. The molecule has 23 heavy (non-hydrogen) atoms. The molecule has 0 atom stereocenters. The van der Waals surface area contributed by atoms with Crippen LogP contribution in [-0.4, -0.2) is 85.4 Å². The van der Waals surface area contributed by atoms with Crippen LogP contribution in [0, 0.1) is 0 Å². The lowest BCUT2D eigenvalue weighted by molar-refractivity contribution is -0.132. The second kappa shape index (κ2) is 7.90. The van der Waals surface area contributed by atoms with Gasteiger partial charge in [-0.3, -0.25) is 14.5 Å². The second-order valence-corrected chi connectivity index (χ2v) is 6.81. The number of rotatable bonds is 4. The van der Waals surface area contributed by atoms with Crippen molar-refractivity contribution in [2.45, 2.75) is 6.42 Å².